The lowest BCUT2D eigenvalue weighted by atomic mass is 10.3. The van der Waals surface area contributed by atoms with Crippen LogP contribution in [0.1, 0.15) is 13.8 Å². The second kappa shape index (κ2) is 6.96. The highest BCUT2D eigenvalue weighted by molar-refractivity contribution is 5.69. The number of hydrogen-bond donors (Lipinski definition) is 1. The maximum Gasteiger partial charge on any atom is 0.317 e. The number of carbonyl (C=O) groups is 1. The van der Waals surface area contributed by atoms with Crippen LogP contribution >= 0.6 is 0 Å². The molecule has 1 N–H and O–H groups in total. The number of ether oxygens (including phenoxy) is 1. The molecule has 0 aliphatic carbocycles. The predicted octanol–water partition coefficient (Wildman–Crippen LogP) is 2.00. The highest BCUT2D eigenvalue weighted by Gasteiger charge is 2.13. The van der Waals surface area contributed by atoms with Gasteiger partial charge in [0, 0.05) is 12.6 Å². The Hall–Kier alpha value is -1.62. The monoisotopic (exact) mass is 255 g/mol. The van der Waals surface area contributed by atoms with E-state index >= 15 is 0 Å². The van der Waals surface area contributed by atoms with Crippen molar-refractivity contribution < 1.29 is 19.0 Å². The standard InChI is InChI=1S/C13H18FNO3/c1-10(2)15(9-13(16)17)7-8-18-12-6-4-3-5-11(12)14/h3-6,10H,7-9H2,1-2H3,(H,16,17). The molecule has 4 nitrogen and oxygen atoms in total. The molecule has 1 aromatic rings. The zero-order valence-electron chi connectivity index (χ0n) is 10.6. The van der Waals surface area contributed by atoms with Gasteiger partial charge < -0.3 is 9.84 Å². The van der Waals surface area contributed by atoms with E-state index in [0.717, 1.165) is 0 Å². The van der Waals surface area contributed by atoms with Gasteiger partial charge in [0.25, 0.3) is 0 Å². The molecule has 0 aliphatic rings. The lowest BCUT2D eigenvalue weighted by molar-refractivity contribution is -0.138. The Bertz CT molecular complexity index is 396. The van der Waals surface area contributed by atoms with Gasteiger partial charge in [-0.15, -0.1) is 0 Å². The van der Waals surface area contributed by atoms with Crippen molar-refractivity contribution in [3.05, 3.63) is 30.1 Å². The van der Waals surface area contributed by atoms with Crippen LogP contribution in [0.4, 0.5) is 4.39 Å². The van der Waals surface area contributed by atoms with Gasteiger partial charge in [0.05, 0.1) is 6.54 Å². The van der Waals surface area contributed by atoms with E-state index in [4.69, 9.17) is 9.84 Å². The van der Waals surface area contributed by atoms with Crippen LogP contribution in [0.2, 0.25) is 0 Å². The summed E-state index contributed by atoms with van der Waals surface area (Å²) in [6.45, 7) is 4.47. The molecule has 0 saturated carbocycles. The molecular formula is C13H18FNO3. The van der Waals surface area contributed by atoms with Crippen LogP contribution in [0, 0.1) is 5.82 Å². The molecule has 1 rings (SSSR count). The van der Waals surface area contributed by atoms with Crippen molar-refractivity contribution >= 4 is 5.97 Å². The van der Waals surface area contributed by atoms with Crippen LogP contribution in [0.25, 0.3) is 0 Å². The van der Waals surface area contributed by atoms with E-state index in [0.29, 0.717) is 6.54 Å². The van der Waals surface area contributed by atoms with E-state index in [-0.39, 0.29) is 24.9 Å². The van der Waals surface area contributed by atoms with Gasteiger partial charge in [-0.1, -0.05) is 12.1 Å². The van der Waals surface area contributed by atoms with Crippen LogP contribution in [0.15, 0.2) is 24.3 Å². The van der Waals surface area contributed by atoms with Crippen molar-refractivity contribution in [1.29, 1.82) is 0 Å². The highest BCUT2D eigenvalue weighted by atomic mass is 19.1. The zero-order chi connectivity index (χ0) is 13.5. The minimum Gasteiger partial charge on any atom is -0.489 e. The van der Waals surface area contributed by atoms with Crippen molar-refractivity contribution in [2.45, 2.75) is 19.9 Å². The first-order valence-electron chi connectivity index (χ1n) is 5.84. The summed E-state index contributed by atoms with van der Waals surface area (Å²) in [5.74, 6) is -1.10. The Labute approximate surface area is 106 Å². The summed E-state index contributed by atoms with van der Waals surface area (Å²) in [7, 11) is 0. The fourth-order valence-corrected chi connectivity index (χ4v) is 1.53. The molecule has 0 bridgehead atoms. The van der Waals surface area contributed by atoms with Gasteiger partial charge in [-0.2, -0.15) is 0 Å². The molecule has 0 heterocycles. The summed E-state index contributed by atoms with van der Waals surface area (Å²) in [6.07, 6.45) is 0. The molecule has 0 unspecified atom stereocenters. The molecule has 18 heavy (non-hydrogen) atoms. The number of benzene rings is 1. The van der Waals surface area contributed by atoms with E-state index < -0.39 is 11.8 Å². The smallest absolute Gasteiger partial charge is 0.317 e. The Kier molecular flexibility index (Phi) is 5.58. The van der Waals surface area contributed by atoms with Crippen LogP contribution in [-0.4, -0.2) is 41.7 Å². The topological polar surface area (TPSA) is 49.8 Å². The largest absolute Gasteiger partial charge is 0.489 e. The first-order chi connectivity index (χ1) is 8.50. The Balaban J connectivity index is 2.44. The lowest BCUT2D eigenvalue weighted by Gasteiger charge is -2.24. The molecule has 0 amide bonds. The molecule has 0 fully saturated rings. The third-order valence-corrected chi connectivity index (χ3v) is 2.54. The molecule has 0 atom stereocenters. The van der Waals surface area contributed by atoms with Crippen molar-refractivity contribution in [2.75, 3.05) is 19.7 Å². The van der Waals surface area contributed by atoms with E-state index in [9.17, 15) is 9.18 Å². The number of halogens is 1. The molecular weight excluding hydrogens is 237 g/mol. The first kappa shape index (κ1) is 14.4. The Morgan fingerprint density at radius 1 is 1.44 bits per heavy atom. The number of aliphatic carboxylic acids is 1. The summed E-state index contributed by atoms with van der Waals surface area (Å²) in [5, 5.41) is 8.75. The van der Waals surface area contributed by atoms with Crippen LogP contribution in [0.3, 0.4) is 0 Å². The quantitative estimate of drug-likeness (QED) is 0.809. The average molecular weight is 255 g/mol. The van der Waals surface area contributed by atoms with Crippen LogP contribution in [-0.2, 0) is 4.79 Å². The number of carboxylic acids is 1. The normalized spacial score (nSPS) is 10.9. The molecule has 1 aromatic carbocycles. The van der Waals surface area contributed by atoms with Gasteiger partial charge in [0.15, 0.2) is 11.6 Å². The molecule has 5 heteroatoms. The van der Waals surface area contributed by atoms with E-state index in [1.165, 1.54) is 6.07 Å². The van der Waals surface area contributed by atoms with Crippen molar-refractivity contribution in [3.63, 3.8) is 0 Å². The number of carboxylic acid groups (broad SMARTS) is 1. The van der Waals surface area contributed by atoms with Gasteiger partial charge in [-0.3, -0.25) is 9.69 Å². The zero-order valence-corrected chi connectivity index (χ0v) is 10.6. The molecule has 100 valence electrons. The summed E-state index contributed by atoms with van der Waals surface area (Å²) >= 11 is 0. The van der Waals surface area contributed by atoms with Crippen molar-refractivity contribution in [2.24, 2.45) is 0 Å². The van der Waals surface area contributed by atoms with Crippen molar-refractivity contribution in [1.82, 2.24) is 4.90 Å². The Morgan fingerprint density at radius 2 is 2.11 bits per heavy atom. The van der Waals surface area contributed by atoms with Gasteiger partial charge in [-0.25, -0.2) is 4.39 Å². The number of hydrogen-bond acceptors (Lipinski definition) is 3. The summed E-state index contributed by atoms with van der Waals surface area (Å²) in [4.78, 5) is 12.4. The maximum atomic E-state index is 13.3. The first-order valence-corrected chi connectivity index (χ1v) is 5.84. The van der Waals surface area contributed by atoms with Gasteiger partial charge >= 0.3 is 5.97 Å². The predicted molar refractivity (Wildman–Crippen MR) is 66.2 cm³/mol. The van der Waals surface area contributed by atoms with Gasteiger partial charge in [0.2, 0.25) is 0 Å². The highest BCUT2D eigenvalue weighted by Crippen LogP contribution is 2.15. The van der Waals surface area contributed by atoms with E-state index in [1.807, 2.05) is 13.8 Å². The molecule has 0 aromatic heterocycles. The number of nitrogens with zero attached hydrogens (tertiary/aromatic N) is 1. The fourth-order valence-electron chi connectivity index (χ4n) is 1.53. The number of rotatable bonds is 7. The minimum absolute atomic E-state index is 0.0434. The fraction of sp³-hybridized carbons (Fsp3) is 0.462. The van der Waals surface area contributed by atoms with E-state index in [1.54, 1.807) is 23.1 Å². The lowest BCUT2D eigenvalue weighted by Crippen LogP contribution is -2.38. The Morgan fingerprint density at radius 3 is 2.67 bits per heavy atom. The molecule has 0 saturated heterocycles. The summed E-state index contributed by atoms with van der Waals surface area (Å²) < 4.78 is 18.5. The SMILES string of the molecule is CC(C)N(CCOc1ccccc1F)CC(=O)O. The average Bonchev–Trinajstić information content (AvgIpc) is 2.29. The van der Waals surface area contributed by atoms with Gasteiger partial charge in [0.1, 0.15) is 6.61 Å². The molecule has 0 spiro atoms. The second-order valence-corrected chi connectivity index (χ2v) is 4.24. The van der Waals surface area contributed by atoms with Crippen molar-refractivity contribution in [3.8, 4) is 5.75 Å². The maximum absolute atomic E-state index is 13.3. The molecule has 0 radical (unpaired) electrons. The van der Waals surface area contributed by atoms with Gasteiger partial charge in [-0.05, 0) is 26.0 Å². The third-order valence-electron chi connectivity index (χ3n) is 2.54. The molecule has 0 aliphatic heterocycles. The van der Waals surface area contributed by atoms with E-state index in [2.05, 4.69) is 0 Å². The third kappa shape index (κ3) is 4.71. The van der Waals surface area contributed by atoms with Crippen LogP contribution in [0.5, 0.6) is 5.75 Å². The number of para-hydroxylation sites is 1. The summed E-state index contributed by atoms with van der Waals surface area (Å²) in [5.41, 5.74) is 0. The second-order valence-electron chi connectivity index (χ2n) is 4.24. The minimum atomic E-state index is -0.880. The summed E-state index contributed by atoms with van der Waals surface area (Å²) in [6, 6.07) is 6.26. The van der Waals surface area contributed by atoms with Crippen LogP contribution < -0.4 is 4.74 Å².